The first-order chi connectivity index (χ1) is 6.18. The highest BCUT2D eigenvalue weighted by Gasteiger charge is 2.31. The summed E-state index contributed by atoms with van der Waals surface area (Å²) in [5, 5.41) is 2.81. The van der Waals surface area contributed by atoms with Gasteiger partial charge in [0, 0.05) is 0 Å². The molecule has 1 amide bonds. The first kappa shape index (κ1) is 8.77. The monoisotopic (exact) mass is 244 g/mol. The van der Waals surface area contributed by atoms with Crippen molar-refractivity contribution >= 4 is 21.8 Å². The zero-order valence-electron chi connectivity index (χ0n) is 7.08. The molecule has 2 heterocycles. The summed E-state index contributed by atoms with van der Waals surface area (Å²) < 4.78 is 6.14. The molecule has 4 nitrogen and oxygen atoms in total. The SMILES string of the molecule is CN1CC(=O)NC1c1occc1Br. The zero-order valence-corrected chi connectivity index (χ0v) is 8.67. The molecular weight excluding hydrogens is 236 g/mol. The molecule has 1 aliphatic rings. The van der Waals surface area contributed by atoms with Crippen molar-refractivity contribution in [2.24, 2.45) is 0 Å². The Kier molecular flexibility index (Phi) is 2.13. The Hall–Kier alpha value is -0.810. The molecule has 1 aliphatic heterocycles. The summed E-state index contributed by atoms with van der Waals surface area (Å²) in [6.45, 7) is 0.414. The van der Waals surface area contributed by atoms with Crippen LogP contribution in [0.25, 0.3) is 0 Å². The van der Waals surface area contributed by atoms with Crippen LogP contribution in [-0.2, 0) is 4.79 Å². The Labute approximate surface area is 84.0 Å². The summed E-state index contributed by atoms with van der Waals surface area (Å²) in [7, 11) is 1.87. The fraction of sp³-hybridized carbons (Fsp3) is 0.375. The average Bonchev–Trinajstić information content (AvgIpc) is 2.58. The number of nitrogens with zero attached hydrogens (tertiary/aromatic N) is 1. The Bertz CT molecular complexity index is 337. The molecule has 5 heteroatoms. The van der Waals surface area contributed by atoms with E-state index in [2.05, 4.69) is 21.2 Å². The molecule has 1 N–H and O–H groups in total. The van der Waals surface area contributed by atoms with E-state index in [4.69, 9.17) is 4.42 Å². The van der Waals surface area contributed by atoms with Gasteiger partial charge >= 0.3 is 0 Å². The third kappa shape index (κ3) is 1.49. The molecule has 1 aromatic rings. The summed E-state index contributed by atoms with van der Waals surface area (Å²) in [4.78, 5) is 13.0. The number of halogens is 1. The molecule has 0 aliphatic carbocycles. The third-order valence-corrected chi connectivity index (χ3v) is 2.68. The first-order valence-electron chi connectivity index (χ1n) is 3.91. The van der Waals surface area contributed by atoms with E-state index < -0.39 is 0 Å². The highest BCUT2D eigenvalue weighted by Crippen LogP contribution is 2.28. The quantitative estimate of drug-likeness (QED) is 0.805. The smallest absolute Gasteiger partial charge is 0.235 e. The van der Waals surface area contributed by atoms with Gasteiger partial charge in [0.2, 0.25) is 5.91 Å². The Balaban J connectivity index is 2.27. The van der Waals surface area contributed by atoms with Crippen molar-refractivity contribution in [3.05, 3.63) is 22.6 Å². The molecule has 1 atom stereocenters. The molecule has 0 saturated carbocycles. The van der Waals surface area contributed by atoms with E-state index in [1.807, 2.05) is 18.0 Å². The van der Waals surface area contributed by atoms with Crippen LogP contribution in [0.2, 0.25) is 0 Å². The highest BCUT2D eigenvalue weighted by molar-refractivity contribution is 9.10. The van der Waals surface area contributed by atoms with Crippen LogP contribution in [0.5, 0.6) is 0 Å². The maximum atomic E-state index is 11.1. The van der Waals surface area contributed by atoms with E-state index in [9.17, 15) is 4.79 Å². The summed E-state index contributed by atoms with van der Waals surface area (Å²) >= 11 is 3.35. The van der Waals surface area contributed by atoms with Gasteiger partial charge in [0.1, 0.15) is 6.17 Å². The van der Waals surface area contributed by atoms with Gasteiger partial charge in [-0.3, -0.25) is 9.69 Å². The van der Waals surface area contributed by atoms with Gasteiger partial charge < -0.3 is 9.73 Å². The lowest BCUT2D eigenvalue weighted by atomic mass is 10.3. The van der Waals surface area contributed by atoms with Crippen LogP contribution >= 0.6 is 15.9 Å². The van der Waals surface area contributed by atoms with Crippen LogP contribution in [0.3, 0.4) is 0 Å². The van der Waals surface area contributed by atoms with Gasteiger partial charge in [0.25, 0.3) is 0 Å². The number of carbonyl (C=O) groups excluding carboxylic acids is 1. The van der Waals surface area contributed by atoms with E-state index in [0.717, 1.165) is 10.2 Å². The molecule has 0 bridgehead atoms. The standard InChI is InChI=1S/C8H9BrN2O2/c1-11-4-6(12)10-8(11)7-5(9)2-3-13-7/h2-3,8H,4H2,1H3,(H,10,12). The number of furan rings is 1. The average molecular weight is 245 g/mol. The predicted octanol–water partition coefficient (Wildman–Crippen LogP) is 1.10. The van der Waals surface area contributed by atoms with E-state index in [-0.39, 0.29) is 12.1 Å². The van der Waals surface area contributed by atoms with Gasteiger partial charge in [-0.15, -0.1) is 0 Å². The van der Waals surface area contributed by atoms with E-state index in [1.54, 1.807) is 6.26 Å². The predicted molar refractivity (Wildman–Crippen MR) is 49.9 cm³/mol. The number of amides is 1. The normalized spacial score (nSPS) is 23.5. The topological polar surface area (TPSA) is 45.5 Å². The number of hydrogen-bond donors (Lipinski definition) is 1. The molecule has 0 radical (unpaired) electrons. The van der Waals surface area contributed by atoms with Gasteiger partial charge in [0.05, 0.1) is 17.3 Å². The summed E-state index contributed by atoms with van der Waals surface area (Å²) in [6, 6.07) is 1.81. The van der Waals surface area contributed by atoms with Crippen molar-refractivity contribution in [1.82, 2.24) is 10.2 Å². The lowest BCUT2D eigenvalue weighted by Crippen LogP contribution is -2.24. The lowest BCUT2D eigenvalue weighted by molar-refractivity contribution is -0.118. The molecule has 0 aromatic carbocycles. The van der Waals surface area contributed by atoms with Gasteiger partial charge in [0.15, 0.2) is 5.76 Å². The largest absolute Gasteiger partial charge is 0.464 e. The molecule has 0 spiro atoms. The minimum atomic E-state index is -0.142. The molecule has 70 valence electrons. The molecule has 13 heavy (non-hydrogen) atoms. The van der Waals surface area contributed by atoms with Gasteiger partial charge in [-0.2, -0.15) is 0 Å². The highest BCUT2D eigenvalue weighted by atomic mass is 79.9. The number of nitrogens with one attached hydrogen (secondary N) is 1. The van der Waals surface area contributed by atoms with Crippen LogP contribution < -0.4 is 5.32 Å². The summed E-state index contributed by atoms with van der Waals surface area (Å²) in [5.74, 6) is 0.768. The van der Waals surface area contributed by atoms with Crippen molar-refractivity contribution in [1.29, 1.82) is 0 Å². The van der Waals surface area contributed by atoms with Crippen LogP contribution in [0.15, 0.2) is 21.2 Å². The zero-order chi connectivity index (χ0) is 9.42. The second-order valence-electron chi connectivity index (χ2n) is 3.02. The van der Waals surface area contributed by atoms with E-state index >= 15 is 0 Å². The molecule has 1 unspecified atom stereocenters. The van der Waals surface area contributed by atoms with Gasteiger partial charge in [-0.05, 0) is 29.0 Å². The first-order valence-corrected chi connectivity index (χ1v) is 4.70. The van der Waals surface area contributed by atoms with E-state index in [0.29, 0.717) is 6.54 Å². The summed E-state index contributed by atoms with van der Waals surface area (Å²) in [6.07, 6.45) is 1.45. The third-order valence-electron chi connectivity index (χ3n) is 2.02. The molecule has 2 rings (SSSR count). The fourth-order valence-electron chi connectivity index (χ4n) is 1.39. The summed E-state index contributed by atoms with van der Waals surface area (Å²) in [5.41, 5.74) is 0. The fourth-order valence-corrected chi connectivity index (χ4v) is 1.81. The van der Waals surface area contributed by atoms with Crippen LogP contribution in [-0.4, -0.2) is 24.4 Å². The number of carbonyl (C=O) groups is 1. The molecule has 1 aromatic heterocycles. The van der Waals surface area contributed by atoms with Crippen LogP contribution in [0.1, 0.15) is 11.9 Å². The van der Waals surface area contributed by atoms with Crippen LogP contribution in [0.4, 0.5) is 0 Å². The molecule has 1 fully saturated rings. The maximum Gasteiger partial charge on any atom is 0.235 e. The molecular formula is C8H9BrN2O2. The lowest BCUT2D eigenvalue weighted by Gasteiger charge is -2.15. The van der Waals surface area contributed by atoms with Crippen LogP contribution in [0, 0.1) is 0 Å². The van der Waals surface area contributed by atoms with Crippen molar-refractivity contribution in [3.8, 4) is 0 Å². The second-order valence-corrected chi connectivity index (χ2v) is 3.87. The van der Waals surface area contributed by atoms with Gasteiger partial charge in [-0.1, -0.05) is 0 Å². The van der Waals surface area contributed by atoms with Crippen molar-refractivity contribution < 1.29 is 9.21 Å². The Morgan fingerprint density at radius 1 is 1.77 bits per heavy atom. The van der Waals surface area contributed by atoms with Crippen molar-refractivity contribution in [2.75, 3.05) is 13.6 Å². The minimum Gasteiger partial charge on any atom is -0.464 e. The Morgan fingerprint density at radius 2 is 2.54 bits per heavy atom. The maximum absolute atomic E-state index is 11.1. The number of hydrogen-bond acceptors (Lipinski definition) is 3. The van der Waals surface area contributed by atoms with E-state index in [1.165, 1.54) is 0 Å². The van der Waals surface area contributed by atoms with Crippen molar-refractivity contribution in [2.45, 2.75) is 6.17 Å². The Morgan fingerprint density at radius 3 is 3.00 bits per heavy atom. The number of likely N-dealkylation sites (N-methyl/N-ethyl adjacent to an activating group) is 1. The van der Waals surface area contributed by atoms with Crippen molar-refractivity contribution in [3.63, 3.8) is 0 Å². The number of rotatable bonds is 1. The minimum absolute atomic E-state index is 0.0239. The van der Waals surface area contributed by atoms with Gasteiger partial charge in [-0.25, -0.2) is 0 Å². The second kappa shape index (κ2) is 3.16. The molecule has 1 saturated heterocycles.